The molecule has 0 heterocycles. The van der Waals surface area contributed by atoms with Gasteiger partial charge in [0.25, 0.3) is 0 Å². The number of carbonyl (C=O) groups excluding carboxylic acids is 1. The van der Waals surface area contributed by atoms with Crippen LogP contribution < -0.4 is 9.47 Å². The lowest BCUT2D eigenvalue weighted by atomic mass is 9.93. The summed E-state index contributed by atoms with van der Waals surface area (Å²) in [4.78, 5) is 12.3. The number of benzene rings is 2. The topological polar surface area (TPSA) is 35.5 Å². The van der Waals surface area contributed by atoms with Crippen LogP contribution in [0.15, 0.2) is 42.5 Å². The van der Waals surface area contributed by atoms with E-state index in [4.69, 9.17) is 9.47 Å². The van der Waals surface area contributed by atoms with Crippen molar-refractivity contribution in [3.63, 3.8) is 0 Å². The first-order valence-electron chi connectivity index (χ1n) is 8.86. The molecule has 0 aromatic heterocycles. The third-order valence-electron chi connectivity index (χ3n) is 5.21. The van der Waals surface area contributed by atoms with Crippen LogP contribution in [0.1, 0.15) is 24.0 Å². The molecule has 0 N–H and O–H groups in total. The van der Waals surface area contributed by atoms with E-state index >= 15 is 0 Å². The Hall–Kier alpha value is -2.36. The van der Waals surface area contributed by atoms with Crippen LogP contribution in [0, 0.1) is 17.7 Å². The Labute approximate surface area is 146 Å². The van der Waals surface area contributed by atoms with Crippen molar-refractivity contribution < 1.29 is 18.7 Å². The van der Waals surface area contributed by atoms with Gasteiger partial charge in [-0.05, 0) is 73.2 Å². The van der Waals surface area contributed by atoms with Gasteiger partial charge >= 0.3 is 0 Å². The van der Waals surface area contributed by atoms with Crippen molar-refractivity contribution in [1.82, 2.24) is 0 Å². The van der Waals surface area contributed by atoms with Crippen molar-refractivity contribution in [2.45, 2.75) is 25.7 Å². The highest BCUT2D eigenvalue weighted by atomic mass is 19.1. The number of hydrogen-bond acceptors (Lipinski definition) is 3. The molecule has 2 aliphatic carbocycles. The summed E-state index contributed by atoms with van der Waals surface area (Å²) < 4.78 is 24.2. The van der Waals surface area contributed by atoms with E-state index in [2.05, 4.69) is 12.1 Å². The summed E-state index contributed by atoms with van der Waals surface area (Å²) in [7, 11) is 0. The molecule has 2 bridgehead atoms. The first-order chi connectivity index (χ1) is 12.2. The molecule has 2 aromatic rings. The SMILES string of the molecule is O=C1C2CCC1Cc1cc(OCCOc3ccc(F)cc3)ccc1C2. The molecule has 130 valence electrons. The number of ketones is 1. The van der Waals surface area contributed by atoms with Crippen LogP contribution >= 0.6 is 0 Å². The molecule has 0 aliphatic heterocycles. The van der Waals surface area contributed by atoms with Gasteiger partial charge in [0, 0.05) is 11.8 Å². The highest BCUT2D eigenvalue weighted by Gasteiger charge is 2.37. The van der Waals surface area contributed by atoms with Gasteiger partial charge in [-0.15, -0.1) is 0 Å². The van der Waals surface area contributed by atoms with Gasteiger partial charge in [-0.1, -0.05) is 6.07 Å². The summed E-state index contributed by atoms with van der Waals surface area (Å²) in [6.07, 6.45) is 3.79. The lowest BCUT2D eigenvalue weighted by molar-refractivity contribution is -0.123. The molecule has 0 spiro atoms. The zero-order valence-electron chi connectivity index (χ0n) is 14.0. The van der Waals surface area contributed by atoms with Crippen LogP contribution in [0.5, 0.6) is 11.5 Å². The Kier molecular flexibility index (Phi) is 4.43. The van der Waals surface area contributed by atoms with Gasteiger partial charge < -0.3 is 9.47 Å². The first kappa shape index (κ1) is 16.1. The van der Waals surface area contributed by atoms with Crippen molar-refractivity contribution in [3.8, 4) is 11.5 Å². The molecule has 4 heteroatoms. The molecule has 2 aromatic carbocycles. The average Bonchev–Trinajstić information content (AvgIpc) is 2.87. The van der Waals surface area contributed by atoms with Gasteiger partial charge in [-0.3, -0.25) is 4.79 Å². The number of Topliss-reactive ketones (excluding diaryl/α,β-unsaturated/α-hetero) is 1. The number of halogens is 1. The summed E-state index contributed by atoms with van der Waals surface area (Å²) in [6.45, 7) is 0.813. The van der Waals surface area contributed by atoms with Crippen molar-refractivity contribution >= 4 is 5.78 Å². The molecule has 4 rings (SSSR count). The van der Waals surface area contributed by atoms with Crippen molar-refractivity contribution in [2.75, 3.05) is 13.2 Å². The molecule has 2 aliphatic rings. The highest BCUT2D eigenvalue weighted by molar-refractivity contribution is 5.86. The number of ether oxygens (including phenoxy) is 2. The molecule has 3 nitrogen and oxygen atoms in total. The zero-order valence-corrected chi connectivity index (χ0v) is 14.0. The molecule has 2 unspecified atom stereocenters. The Morgan fingerprint density at radius 2 is 1.44 bits per heavy atom. The summed E-state index contributed by atoms with van der Waals surface area (Å²) in [5.74, 6) is 2.03. The molecule has 1 fully saturated rings. The molecule has 25 heavy (non-hydrogen) atoms. The lowest BCUT2D eigenvalue weighted by Crippen LogP contribution is -2.13. The van der Waals surface area contributed by atoms with E-state index in [0.29, 0.717) is 24.7 Å². The van der Waals surface area contributed by atoms with E-state index in [-0.39, 0.29) is 17.7 Å². The largest absolute Gasteiger partial charge is 0.490 e. The van der Waals surface area contributed by atoms with E-state index < -0.39 is 0 Å². The third-order valence-corrected chi connectivity index (χ3v) is 5.21. The molecular weight excluding hydrogens is 319 g/mol. The summed E-state index contributed by atoms with van der Waals surface area (Å²) in [5, 5.41) is 0. The standard InChI is InChI=1S/C21H21FO3/c22-18-4-7-19(8-5-18)24-9-10-25-20-6-3-14-11-15-1-2-16(21(15)23)12-17(14)13-20/h3-8,13,15-16H,1-2,9-12H2. The predicted octanol–water partition coefficient (Wildman–Crippen LogP) is 3.98. The van der Waals surface area contributed by atoms with Gasteiger partial charge in [0.05, 0.1) is 0 Å². The maximum Gasteiger partial charge on any atom is 0.139 e. The minimum Gasteiger partial charge on any atom is -0.490 e. The minimum atomic E-state index is -0.277. The average molecular weight is 340 g/mol. The molecule has 2 atom stereocenters. The number of carbonyl (C=O) groups is 1. The zero-order chi connectivity index (χ0) is 17.2. The Balaban J connectivity index is 1.34. The van der Waals surface area contributed by atoms with Crippen LogP contribution in [0.3, 0.4) is 0 Å². The summed E-state index contributed by atoms with van der Waals surface area (Å²) in [6, 6.07) is 12.1. The second kappa shape index (κ2) is 6.87. The second-order valence-corrected chi connectivity index (χ2v) is 6.86. The van der Waals surface area contributed by atoms with E-state index in [9.17, 15) is 9.18 Å². The Bertz CT molecular complexity index is 769. The van der Waals surface area contributed by atoms with Crippen LogP contribution in [-0.2, 0) is 17.6 Å². The van der Waals surface area contributed by atoms with Crippen LogP contribution in [0.4, 0.5) is 4.39 Å². The predicted molar refractivity (Wildman–Crippen MR) is 92.5 cm³/mol. The normalized spacial score (nSPS) is 21.6. The highest BCUT2D eigenvalue weighted by Crippen LogP contribution is 2.38. The molecule has 0 saturated heterocycles. The fourth-order valence-electron chi connectivity index (χ4n) is 3.89. The van der Waals surface area contributed by atoms with Crippen molar-refractivity contribution in [3.05, 3.63) is 59.4 Å². The quantitative estimate of drug-likeness (QED) is 0.773. The van der Waals surface area contributed by atoms with E-state index in [1.165, 1.54) is 23.3 Å². The molecule has 1 saturated carbocycles. The number of rotatable bonds is 5. The smallest absolute Gasteiger partial charge is 0.139 e. The van der Waals surface area contributed by atoms with Gasteiger partial charge in [0.2, 0.25) is 0 Å². The first-order valence-corrected chi connectivity index (χ1v) is 8.86. The van der Waals surface area contributed by atoms with Crippen LogP contribution in [0.2, 0.25) is 0 Å². The Morgan fingerprint density at radius 1 is 0.840 bits per heavy atom. The third kappa shape index (κ3) is 3.53. The van der Waals surface area contributed by atoms with Gasteiger partial charge in [0.1, 0.15) is 36.3 Å². The van der Waals surface area contributed by atoms with Crippen molar-refractivity contribution in [2.24, 2.45) is 11.8 Å². The Morgan fingerprint density at radius 3 is 2.16 bits per heavy atom. The fraction of sp³-hybridized carbons (Fsp3) is 0.381. The van der Waals surface area contributed by atoms with Crippen LogP contribution in [-0.4, -0.2) is 19.0 Å². The summed E-state index contributed by atoms with van der Waals surface area (Å²) >= 11 is 0. The van der Waals surface area contributed by atoms with E-state index in [0.717, 1.165) is 31.4 Å². The van der Waals surface area contributed by atoms with Gasteiger partial charge in [-0.2, -0.15) is 0 Å². The summed E-state index contributed by atoms with van der Waals surface area (Å²) in [5.41, 5.74) is 2.54. The monoisotopic (exact) mass is 340 g/mol. The number of fused-ring (bicyclic) bond motifs is 3. The molecule has 0 amide bonds. The van der Waals surface area contributed by atoms with Crippen molar-refractivity contribution in [1.29, 1.82) is 0 Å². The van der Waals surface area contributed by atoms with Gasteiger partial charge in [-0.25, -0.2) is 4.39 Å². The minimum absolute atomic E-state index is 0.198. The maximum absolute atomic E-state index is 12.8. The van der Waals surface area contributed by atoms with Gasteiger partial charge in [0.15, 0.2) is 0 Å². The lowest BCUT2D eigenvalue weighted by Gasteiger charge is -2.14. The van der Waals surface area contributed by atoms with E-state index in [1.807, 2.05) is 6.07 Å². The second-order valence-electron chi connectivity index (χ2n) is 6.86. The maximum atomic E-state index is 12.8. The molecular formula is C21H21FO3. The van der Waals surface area contributed by atoms with Crippen LogP contribution in [0.25, 0.3) is 0 Å². The fourth-order valence-corrected chi connectivity index (χ4v) is 3.89. The molecule has 0 radical (unpaired) electrons. The number of hydrogen-bond donors (Lipinski definition) is 0. The van der Waals surface area contributed by atoms with E-state index in [1.54, 1.807) is 12.1 Å².